The number of carbonyl (C=O) groups is 2. The minimum atomic E-state index is -0.645. The standard InChI is InChI=1S/C8H9BCl2N2O4/c9-17-8(15)5-3(1-10)2-16-7-4(12-11)6(14)13(5)7/h4,7,12H,1-2,9H2/t4-,7-/m1/s1. The fourth-order valence-electron chi connectivity index (χ4n) is 1.84. The summed E-state index contributed by atoms with van der Waals surface area (Å²) in [6, 6.07) is -0.645. The van der Waals surface area contributed by atoms with Crippen molar-refractivity contribution >= 4 is 43.3 Å². The number of rotatable bonds is 3. The molecule has 2 rings (SSSR count). The maximum atomic E-state index is 11.7. The summed E-state index contributed by atoms with van der Waals surface area (Å²) in [6.45, 7) is 0.178. The number of hydrogen-bond acceptors (Lipinski definition) is 5. The molecule has 2 heterocycles. The van der Waals surface area contributed by atoms with E-state index in [0.29, 0.717) is 5.57 Å². The second kappa shape index (κ2) is 4.85. The lowest BCUT2D eigenvalue weighted by Crippen LogP contribution is -2.71. The summed E-state index contributed by atoms with van der Waals surface area (Å²) in [5.74, 6) is -0.845. The van der Waals surface area contributed by atoms with Crippen LogP contribution in [0.25, 0.3) is 0 Å². The summed E-state index contributed by atoms with van der Waals surface area (Å²) >= 11 is 11.1. The molecule has 6 nitrogen and oxygen atoms in total. The average Bonchev–Trinajstić information content (AvgIpc) is 2.36. The number of ether oxygens (including phenoxy) is 1. The number of amides is 1. The monoisotopic (exact) mass is 278 g/mol. The second-order valence-electron chi connectivity index (χ2n) is 3.57. The first-order chi connectivity index (χ1) is 8.15. The molecule has 9 heteroatoms. The molecule has 92 valence electrons. The van der Waals surface area contributed by atoms with Crippen molar-refractivity contribution in [2.45, 2.75) is 12.3 Å². The van der Waals surface area contributed by atoms with Crippen LogP contribution in [0.15, 0.2) is 11.3 Å². The van der Waals surface area contributed by atoms with Crippen LogP contribution < -0.4 is 4.84 Å². The topological polar surface area (TPSA) is 67.9 Å². The molecule has 1 saturated heterocycles. The van der Waals surface area contributed by atoms with Crippen molar-refractivity contribution in [3.63, 3.8) is 0 Å². The van der Waals surface area contributed by atoms with E-state index in [-0.39, 0.29) is 24.1 Å². The zero-order valence-electron chi connectivity index (χ0n) is 8.91. The zero-order chi connectivity index (χ0) is 12.6. The van der Waals surface area contributed by atoms with E-state index in [0.717, 1.165) is 0 Å². The van der Waals surface area contributed by atoms with Crippen LogP contribution in [0.1, 0.15) is 0 Å². The minimum Gasteiger partial charge on any atom is -0.539 e. The van der Waals surface area contributed by atoms with Crippen molar-refractivity contribution in [1.29, 1.82) is 0 Å². The average molecular weight is 279 g/mol. The van der Waals surface area contributed by atoms with Crippen molar-refractivity contribution in [3.8, 4) is 0 Å². The Hall–Kier alpha value is -0.755. The fourth-order valence-corrected chi connectivity index (χ4v) is 2.24. The van der Waals surface area contributed by atoms with Crippen molar-refractivity contribution in [2.75, 3.05) is 12.5 Å². The van der Waals surface area contributed by atoms with Gasteiger partial charge in [0.2, 0.25) is 0 Å². The third kappa shape index (κ3) is 1.83. The van der Waals surface area contributed by atoms with Gasteiger partial charge in [-0.3, -0.25) is 9.69 Å². The lowest BCUT2D eigenvalue weighted by molar-refractivity contribution is -0.181. The highest BCUT2D eigenvalue weighted by atomic mass is 35.5. The van der Waals surface area contributed by atoms with Gasteiger partial charge in [0, 0.05) is 11.5 Å². The molecule has 0 saturated carbocycles. The van der Waals surface area contributed by atoms with E-state index in [1.165, 1.54) is 12.9 Å². The maximum absolute atomic E-state index is 11.7. The first kappa shape index (κ1) is 12.7. The fraction of sp³-hybridized carbons (Fsp3) is 0.500. The number of alkyl halides is 1. The maximum Gasteiger partial charge on any atom is 0.337 e. The van der Waals surface area contributed by atoms with Gasteiger partial charge in [0.15, 0.2) is 6.23 Å². The molecule has 1 N–H and O–H groups in total. The molecule has 1 amide bonds. The van der Waals surface area contributed by atoms with Gasteiger partial charge in [-0.1, -0.05) is 0 Å². The number of hydrogen-bond donors (Lipinski definition) is 1. The molecule has 2 aliphatic heterocycles. The van der Waals surface area contributed by atoms with Crippen LogP contribution in [0, 0.1) is 0 Å². The molecule has 0 aromatic heterocycles. The molecule has 2 atom stereocenters. The number of nitrogens with zero attached hydrogens (tertiary/aromatic N) is 1. The highest BCUT2D eigenvalue weighted by molar-refractivity contribution is 6.20. The Bertz CT molecular complexity index is 403. The Morgan fingerprint density at radius 2 is 2.41 bits per heavy atom. The molecule has 0 unspecified atom stereocenters. The highest BCUT2D eigenvalue weighted by Gasteiger charge is 2.54. The van der Waals surface area contributed by atoms with Crippen LogP contribution >= 0.6 is 23.4 Å². The number of fused-ring (bicyclic) bond motifs is 1. The van der Waals surface area contributed by atoms with E-state index in [2.05, 4.69) is 9.49 Å². The lowest BCUT2D eigenvalue weighted by atomic mass is 10.00. The molecular formula is C8H9BCl2N2O4. The van der Waals surface area contributed by atoms with Gasteiger partial charge < -0.3 is 9.39 Å². The Kier molecular flexibility index (Phi) is 3.62. The molecule has 0 aromatic carbocycles. The van der Waals surface area contributed by atoms with Gasteiger partial charge in [-0.05, 0) is 11.8 Å². The summed E-state index contributed by atoms with van der Waals surface area (Å²) in [5, 5.41) is 0. The minimum absolute atomic E-state index is 0.0971. The largest absolute Gasteiger partial charge is 0.539 e. The van der Waals surface area contributed by atoms with Crippen LogP contribution in [-0.2, 0) is 19.0 Å². The van der Waals surface area contributed by atoms with Gasteiger partial charge in [0.25, 0.3) is 5.91 Å². The van der Waals surface area contributed by atoms with Crippen LogP contribution in [0.5, 0.6) is 0 Å². The molecule has 0 radical (unpaired) electrons. The lowest BCUT2D eigenvalue weighted by Gasteiger charge is -2.48. The molecule has 0 aliphatic carbocycles. The van der Waals surface area contributed by atoms with Gasteiger partial charge in [-0.2, -0.15) is 0 Å². The van der Waals surface area contributed by atoms with Crippen molar-refractivity contribution in [1.82, 2.24) is 9.74 Å². The van der Waals surface area contributed by atoms with Crippen molar-refractivity contribution in [2.24, 2.45) is 0 Å². The first-order valence-electron chi connectivity index (χ1n) is 4.82. The molecule has 0 spiro atoms. The zero-order valence-corrected chi connectivity index (χ0v) is 10.4. The molecule has 17 heavy (non-hydrogen) atoms. The third-order valence-electron chi connectivity index (χ3n) is 2.70. The van der Waals surface area contributed by atoms with E-state index >= 15 is 0 Å². The SMILES string of the molecule is BOC(=O)C1=C(CCl)CO[C@@H]2[C@H](NCl)C(=O)N12. The smallest absolute Gasteiger partial charge is 0.337 e. The van der Waals surface area contributed by atoms with E-state index < -0.39 is 18.2 Å². The molecule has 0 bridgehead atoms. The quantitative estimate of drug-likeness (QED) is 0.307. The summed E-state index contributed by atoms with van der Waals surface area (Å²) in [7, 11) is 1.24. The summed E-state index contributed by atoms with van der Waals surface area (Å²) in [6.07, 6.45) is -0.582. The Morgan fingerprint density at radius 1 is 1.71 bits per heavy atom. The van der Waals surface area contributed by atoms with E-state index in [1.807, 2.05) is 0 Å². The second-order valence-corrected chi connectivity index (χ2v) is 4.06. The van der Waals surface area contributed by atoms with Crippen LogP contribution in [-0.4, -0.2) is 49.6 Å². The summed E-state index contributed by atoms with van der Waals surface area (Å²) in [5.41, 5.74) is 0.683. The number of halogens is 2. The normalized spacial score (nSPS) is 27.6. The van der Waals surface area contributed by atoms with Crippen LogP contribution in [0.4, 0.5) is 0 Å². The van der Waals surface area contributed by atoms with Crippen LogP contribution in [0.3, 0.4) is 0 Å². The number of β-lactam (4-membered cyclic amide) rings is 1. The summed E-state index contributed by atoms with van der Waals surface area (Å²) in [4.78, 5) is 26.9. The molecule has 2 aliphatic rings. The van der Waals surface area contributed by atoms with Crippen molar-refractivity contribution in [3.05, 3.63) is 11.3 Å². The predicted octanol–water partition coefficient (Wildman–Crippen LogP) is -1.12. The van der Waals surface area contributed by atoms with Crippen LogP contribution in [0.2, 0.25) is 0 Å². The van der Waals surface area contributed by atoms with Gasteiger partial charge in [0.1, 0.15) is 11.7 Å². The molecule has 0 aromatic rings. The van der Waals surface area contributed by atoms with Gasteiger partial charge >= 0.3 is 14.0 Å². The Labute approximate surface area is 108 Å². The van der Waals surface area contributed by atoms with Gasteiger partial charge in [-0.15, -0.1) is 11.6 Å². The summed E-state index contributed by atoms with van der Waals surface area (Å²) < 4.78 is 10.0. The molecular weight excluding hydrogens is 270 g/mol. The number of carbonyl (C=O) groups excluding carboxylic acids is 2. The molecule has 1 fully saturated rings. The van der Waals surface area contributed by atoms with Gasteiger partial charge in [0.05, 0.1) is 6.61 Å². The predicted molar refractivity (Wildman–Crippen MR) is 61.7 cm³/mol. The highest BCUT2D eigenvalue weighted by Crippen LogP contribution is 2.33. The Balaban J connectivity index is 2.33. The Morgan fingerprint density at radius 3 is 2.94 bits per heavy atom. The van der Waals surface area contributed by atoms with Gasteiger partial charge in [-0.25, -0.2) is 9.63 Å². The first-order valence-corrected chi connectivity index (χ1v) is 5.74. The van der Waals surface area contributed by atoms with Crippen molar-refractivity contribution < 1.29 is 19.0 Å². The van der Waals surface area contributed by atoms with E-state index in [4.69, 9.17) is 28.1 Å². The van der Waals surface area contributed by atoms with E-state index in [1.54, 1.807) is 0 Å². The van der Waals surface area contributed by atoms with E-state index in [9.17, 15) is 9.59 Å². The number of nitrogens with one attached hydrogen (secondary N) is 1. The third-order valence-corrected chi connectivity index (χ3v) is 3.26.